The number of carbonyl (C=O) groups is 1. The highest BCUT2D eigenvalue weighted by Gasteiger charge is 2.07. The first-order valence-electron chi connectivity index (χ1n) is 6.51. The van der Waals surface area contributed by atoms with Crippen molar-refractivity contribution in [3.63, 3.8) is 0 Å². The fourth-order valence-electron chi connectivity index (χ4n) is 2.01. The summed E-state index contributed by atoms with van der Waals surface area (Å²) in [5.41, 5.74) is 2.17. The van der Waals surface area contributed by atoms with Crippen LogP contribution in [0.25, 0.3) is 11.7 Å². The van der Waals surface area contributed by atoms with E-state index in [4.69, 9.17) is 11.6 Å². The number of nitrogens with zero attached hydrogens (tertiary/aromatic N) is 2. The summed E-state index contributed by atoms with van der Waals surface area (Å²) in [6.07, 6.45) is 4.95. The third-order valence-electron chi connectivity index (χ3n) is 3.03. The standard InChI is InChI=1S/C16H11ClIN3O/c17-16-13(21-10-2-1-3-14(21)20-16)8-9-15(22)19-12-6-4-11(18)5-7-12/h1-10H,(H,19,22). The van der Waals surface area contributed by atoms with Crippen molar-refractivity contribution in [2.24, 2.45) is 0 Å². The maximum atomic E-state index is 12.0. The van der Waals surface area contributed by atoms with Crippen LogP contribution in [-0.2, 0) is 4.79 Å². The number of pyridine rings is 1. The Kier molecular flexibility index (Phi) is 4.44. The number of carbonyl (C=O) groups excluding carboxylic acids is 1. The molecule has 0 spiro atoms. The summed E-state index contributed by atoms with van der Waals surface area (Å²) in [5, 5.41) is 3.16. The van der Waals surface area contributed by atoms with E-state index >= 15 is 0 Å². The van der Waals surface area contributed by atoms with E-state index in [0.29, 0.717) is 10.8 Å². The van der Waals surface area contributed by atoms with Gasteiger partial charge >= 0.3 is 0 Å². The number of hydrogen-bond donors (Lipinski definition) is 1. The van der Waals surface area contributed by atoms with Crippen molar-refractivity contribution >= 4 is 57.5 Å². The fraction of sp³-hybridized carbons (Fsp3) is 0. The van der Waals surface area contributed by atoms with Crippen LogP contribution in [0.2, 0.25) is 5.15 Å². The molecule has 0 bridgehead atoms. The van der Waals surface area contributed by atoms with Gasteiger partial charge in [0.15, 0.2) is 5.15 Å². The molecule has 0 unspecified atom stereocenters. The van der Waals surface area contributed by atoms with Crippen molar-refractivity contribution in [2.45, 2.75) is 0 Å². The van der Waals surface area contributed by atoms with Crippen molar-refractivity contribution in [1.29, 1.82) is 0 Å². The SMILES string of the molecule is O=C(C=Cc1c(Cl)nc2ccccn12)Nc1ccc(I)cc1. The number of anilines is 1. The van der Waals surface area contributed by atoms with Crippen LogP contribution in [0.5, 0.6) is 0 Å². The second kappa shape index (κ2) is 6.50. The molecule has 0 atom stereocenters. The van der Waals surface area contributed by atoms with E-state index < -0.39 is 0 Å². The van der Waals surface area contributed by atoms with Gasteiger partial charge in [-0.2, -0.15) is 0 Å². The second-order valence-electron chi connectivity index (χ2n) is 4.55. The van der Waals surface area contributed by atoms with Gasteiger partial charge in [-0.25, -0.2) is 4.98 Å². The first-order valence-corrected chi connectivity index (χ1v) is 7.96. The van der Waals surface area contributed by atoms with E-state index in [0.717, 1.165) is 14.9 Å². The molecule has 1 aromatic carbocycles. The minimum absolute atomic E-state index is 0.219. The monoisotopic (exact) mass is 423 g/mol. The molecule has 110 valence electrons. The number of hydrogen-bond acceptors (Lipinski definition) is 2. The maximum Gasteiger partial charge on any atom is 0.248 e. The Morgan fingerprint density at radius 2 is 2.00 bits per heavy atom. The van der Waals surface area contributed by atoms with Crippen LogP contribution in [0.3, 0.4) is 0 Å². The second-order valence-corrected chi connectivity index (χ2v) is 6.15. The number of fused-ring (bicyclic) bond motifs is 1. The topological polar surface area (TPSA) is 46.4 Å². The lowest BCUT2D eigenvalue weighted by atomic mass is 10.3. The highest BCUT2D eigenvalue weighted by Crippen LogP contribution is 2.19. The zero-order valence-corrected chi connectivity index (χ0v) is 14.2. The van der Waals surface area contributed by atoms with Crippen LogP contribution in [-0.4, -0.2) is 15.3 Å². The molecule has 0 fully saturated rings. The maximum absolute atomic E-state index is 12.0. The van der Waals surface area contributed by atoms with Crippen molar-refractivity contribution in [3.8, 4) is 0 Å². The Balaban J connectivity index is 1.79. The van der Waals surface area contributed by atoms with Crippen LogP contribution in [0.4, 0.5) is 5.69 Å². The number of halogens is 2. The van der Waals surface area contributed by atoms with Crippen molar-refractivity contribution in [3.05, 3.63) is 69.2 Å². The number of benzene rings is 1. The lowest BCUT2D eigenvalue weighted by molar-refractivity contribution is -0.111. The molecule has 4 nitrogen and oxygen atoms in total. The van der Waals surface area contributed by atoms with Gasteiger partial charge < -0.3 is 5.32 Å². The molecule has 0 aliphatic carbocycles. The van der Waals surface area contributed by atoms with E-state index in [-0.39, 0.29) is 5.91 Å². The number of rotatable bonds is 3. The first-order chi connectivity index (χ1) is 10.6. The van der Waals surface area contributed by atoms with Crippen LogP contribution in [0.1, 0.15) is 5.69 Å². The fourth-order valence-corrected chi connectivity index (χ4v) is 2.61. The van der Waals surface area contributed by atoms with Gasteiger partial charge in [0, 0.05) is 21.5 Å². The number of nitrogens with one attached hydrogen (secondary N) is 1. The molecule has 3 rings (SSSR count). The molecule has 22 heavy (non-hydrogen) atoms. The quantitative estimate of drug-likeness (QED) is 0.506. The van der Waals surface area contributed by atoms with Crippen LogP contribution in [0, 0.1) is 3.57 Å². The van der Waals surface area contributed by atoms with Crippen LogP contribution < -0.4 is 5.32 Å². The normalized spacial score (nSPS) is 11.2. The predicted octanol–water partition coefficient (Wildman–Crippen LogP) is 4.24. The molecular weight excluding hydrogens is 413 g/mol. The van der Waals surface area contributed by atoms with Gasteiger partial charge in [0.05, 0.1) is 5.69 Å². The zero-order chi connectivity index (χ0) is 15.5. The largest absolute Gasteiger partial charge is 0.323 e. The minimum atomic E-state index is -0.219. The smallest absolute Gasteiger partial charge is 0.248 e. The Bertz CT molecular complexity index is 855. The summed E-state index contributed by atoms with van der Waals surface area (Å²) < 4.78 is 2.94. The Labute approximate surface area is 146 Å². The lowest BCUT2D eigenvalue weighted by Gasteiger charge is -2.01. The molecule has 0 radical (unpaired) electrons. The van der Waals surface area contributed by atoms with Crippen LogP contribution >= 0.6 is 34.2 Å². The molecule has 2 heterocycles. The van der Waals surface area contributed by atoms with Gasteiger partial charge in [-0.15, -0.1) is 0 Å². The summed E-state index contributed by atoms with van der Waals surface area (Å²) in [4.78, 5) is 16.2. The average molecular weight is 424 g/mol. The highest BCUT2D eigenvalue weighted by atomic mass is 127. The molecule has 1 N–H and O–H groups in total. The first kappa shape index (κ1) is 15.1. The molecule has 0 aliphatic rings. The number of amides is 1. The number of imidazole rings is 1. The van der Waals surface area contributed by atoms with Gasteiger partial charge in [0.2, 0.25) is 5.91 Å². The summed E-state index contributed by atoms with van der Waals surface area (Å²) in [6.45, 7) is 0. The number of aromatic nitrogens is 2. The summed E-state index contributed by atoms with van der Waals surface area (Å²) >= 11 is 8.33. The van der Waals surface area contributed by atoms with E-state index in [2.05, 4.69) is 32.9 Å². The summed E-state index contributed by atoms with van der Waals surface area (Å²) in [6, 6.07) is 13.2. The van der Waals surface area contributed by atoms with Crippen molar-refractivity contribution < 1.29 is 4.79 Å². The predicted molar refractivity (Wildman–Crippen MR) is 97.0 cm³/mol. The zero-order valence-electron chi connectivity index (χ0n) is 11.3. The molecular formula is C16H11ClIN3O. The summed E-state index contributed by atoms with van der Waals surface area (Å²) in [5.74, 6) is -0.219. The van der Waals surface area contributed by atoms with E-state index in [1.165, 1.54) is 6.08 Å². The van der Waals surface area contributed by atoms with E-state index in [1.807, 2.05) is 53.1 Å². The average Bonchev–Trinajstić information content (AvgIpc) is 2.83. The van der Waals surface area contributed by atoms with Crippen molar-refractivity contribution in [1.82, 2.24) is 9.38 Å². The molecule has 0 saturated carbocycles. The van der Waals surface area contributed by atoms with Gasteiger partial charge in [0.25, 0.3) is 0 Å². The van der Waals surface area contributed by atoms with Crippen molar-refractivity contribution in [2.75, 3.05) is 5.32 Å². The molecule has 0 saturated heterocycles. The Morgan fingerprint density at radius 3 is 2.77 bits per heavy atom. The third-order valence-corrected chi connectivity index (χ3v) is 4.02. The molecule has 3 aromatic rings. The van der Waals surface area contributed by atoms with E-state index in [1.54, 1.807) is 6.08 Å². The van der Waals surface area contributed by atoms with E-state index in [9.17, 15) is 4.79 Å². The molecule has 6 heteroatoms. The van der Waals surface area contributed by atoms with Gasteiger partial charge in [-0.05, 0) is 65.1 Å². The van der Waals surface area contributed by atoms with Gasteiger partial charge in [0.1, 0.15) is 5.65 Å². The Hall–Kier alpha value is -1.86. The molecule has 2 aromatic heterocycles. The molecule has 0 aliphatic heterocycles. The molecule has 1 amide bonds. The summed E-state index contributed by atoms with van der Waals surface area (Å²) in [7, 11) is 0. The van der Waals surface area contributed by atoms with Gasteiger partial charge in [-0.1, -0.05) is 17.7 Å². The van der Waals surface area contributed by atoms with Gasteiger partial charge in [-0.3, -0.25) is 9.20 Å². The highest BCUT2D eigenvalue weighted by molar-refractivity contribution is 14.1. The Morgan fingerprint density at radius 1 is 1.23 bits per heavy atom. The van der Waals surface area contributed by atoms with Crippen LogP contribution in [0.15, 0.2) is 54.7 Å². The lowest BCUT2D eigenvalue weighted by Crippen LogP contribution is -2.07. The third kappa shape index (κ3) is 3.31. The minimum Gasteiger partial charge on any atom is -0.323 e.